The van der Waals surface area contributed by atoms with Crippen molar-refractivity contribution < 1.29 is 68.6 Å². The molecule has 276 valence electrons. The van der Waals surface area contributed by atoms with Crippen LogP contribution in [-0.4, -0.2) is 29.9 Å². The molecule has 9 nitrogen and oxygen atoms in total. The van der Waals surface area contributed by atoms with Crippen LogP contribution in [-0.2, 0) is 75.9 Å². The van der Waals surface area contributed by atoms with E-state index in [2.05, 4.69) is 0 Å². The minimum absolute atomic E-state index is 0.224. The number of alkyl halides is 6. The van der Waals surface area contributed by atoms with Crippen molar-refractivity contribution in [2.75, 3.05) is 6.61 Å². The van der Waals surface area contributed by atoms with Crippen LogP contribution in [0.15, 0.2) is 121 Å². The van der Waals surface area contributed by atoms with E-state index in [9.17, 15) is 40.8 Å². The van der Waals surface area contributed by atoms with Crippen LogP contribution in [0.1, 0.15) is 33.4 Å². The summed E-state index contributed by atoms with van der Waals surface area (Å²) >= 11 is 0. The second kappa shape index (κ2) is 16.8. The molecule has 0 unspecified atom stereocenters. The SMILES string of the molecule is O=C1O[C@H]([C@H](CO)OP(=O)(OCc2ccccc2)OCc2ccccc2)C(OCc2ccc(C(F)(F)F)cc2)=C1OCc1ccc(C(F)(F)F)cc1. The molecule has 0 saturated carbocycles. The third kappa shape index (κ3) is 10.5. The number of hydrogen-bond acceptors (Lipinski definition) is 9. The Morgan fingerprint density at radius 3 is 1.48 bits per heavy atom. The highest BCUT2D eigenvalue weighted by molar-refractivity contribution is 7.48. The van der Waals surface area contributed by atoms with Crippen LogP contribution >= 0.6 is 7.82 Å². The van der Waals surface area contributed by atoms with Crippen molar-refractivity contribution in [3.8, 4) is 0 Å². The van der Waals surface area contributed by atoms with Crippen LogP contribution in [0, 0.1) is 0 Å². The summed E-state index contributed by atoms with van der Waals surface area (Å²) in [6.07, 6.45) is -12.5. The Morgan fingerprint density at radius 1 is 0.635 bits per heavy atom. The maximum atomic E-state index is 14.1. The van der Waals surface area contributed by atoms with Crippen LogP contribution in [0.25, 0.3) is 0 Å². The number of benzene rings is 4. The average molecular weight is 753 g/mol. The molecule has 0 saturated heterocycles. The zero-order chi connectivity index (χ0) is 37.4. The molecule has 5 rings (SSSR count). The Morgan fingerprint density at radius 2 is 1.06 bits per heavy atom. The molecule has 1 aliphatic rings. The monoisotopic (exact) mass is 752 g/mol. The molecule has 16 heteroatoms. The van der Waals surface area contributed by atoms with E-state index >= 15 is 0 Å². The Bertz CT molecular complexity index is 1800. The number of rotatable bonds is 16. The number of halogens is 6. The molecule has 0 aliphatic carbocycles. The second-order valence-corrected chi connectivity index (χ2v) is 12.9. The summed E-state index contributed by atoms with van der Waals surface area (Å²) in [5.74, 6) is -2.09. The number of aliphatic hydroxyl groups is 1. The number of hydrogen-bond donors (Lipinski definition) is 1. The first-order valence-corrected chi connectivity index (χ1v) is 17.0. The highest BCUT2D eigenvalue weighted by Crippen LogP contribution is 2.53. The smallest absolute Gasteiger partial charge is 0.475 e. The summed E-state index contributed by atoms with van der Waals surface area (Å²) in [4.78, 5) is 13.1. The molecule has 0 radical (unpaired) electrons. The Kier molecular flexibility index (Phi) is 12.4. The van der Waals surface area contributed by atoms with Crippen molar-refractivity contribution in [1.29, 1.82) is 0 Å². The quantitative estimate of drug-likeness (QED) is 0.0685. The standard InChI is InChI=1S/C36H31F6O9P/c37-35(38,39)28-15-11-26(12-16-28)20-46-32-31(50-34(44)33(32)47-21-27-13-17-29(18-14-27)36(40,41)42)30(19-43)51-52(45,48-22-24-7-3-1-4-8-24)49-23-25-9-5-2-6-10-25/h1-18,30-31,43H,19-23H2/t30-,31+/m0/s1. The van der Waals surface area contributed by atoms with E-state index < -0.39 is 80.8 Å². The predicted molar refractivity (Wildman–Crippen MR) is 171 cm³/mol. The van der Waals surface area contributed by atoms with Crippen LogP contribution in [0.5, 0.6) is 0 Å². The van der Waals surface area contributed by atoms with E-state index in [1.165, 1.54) is 0 Å². The van der Waals surface area contributed by atoms with Gasteiger partial charge >= 0.3 is 26.1 Å². The van der Waals surface area contributed by atoms with Gasteiger partial charge in [0, 0.05) is 0 Å². The van der Waals surface area contributed by atoms with Gasteiger partial charge in [0.25, 0.3) is 0 Å². The van der Waals surface area contributed by atoms with Crippen molar-refractivity contribution in [1.82, 2.24) is 0 Å². The Balaban J connectivity index is 1.41. The molecule has 52 heavy (non-hydrogen) atoms. The molecular formula is C36H31F6O9P. The topological polar surface area (TPSA) is 110 Å². The molecule has 4 aromatic carbocycles. The number of phosphoric ester groups is 1. The van der Waals surface area contributed by atoms with E-state index in [0.29, 0.717) is 11.1 Å². The first kappa shape index (κ1) is 38.6. The third-order valence-electron chi connectivity index (χ3n) is 7.49. The van der Waals surface area contributed by atoms with E-state index in [1.54, 1.807) is 60.7 Å². The van der Waals surface area contributed by atoms with Crippen molar-refractivity contribution >= 4 is 13.8 Å². The van der Waals surface area contributed by atoms with E-state index in [1.807, 2.05) is 0 Å². The highest BCUT2D eigenvalue weighted by Gasteiger charge is 2.46. The molecule has 4 aromatic rings. The Labute approximate surface area is 293 Å². The van der Waals surface area contributed by atoms with Gasteiger partial charge in [-0.1, -0.05) is 84.9 Å². The lowest BCUT2D eigenvalue weighted by molar-refractivity contribution is -0.148. The van der Waals surface area contributed by atoms with Crippen LogP contribution in [0.3, 0.4) is 0 Å². The zero-order valence-electron chi connectivity index (χ0n) is 27.0. The number of cyclic esters (lactones) is 1. The van der Waals surface area contributed by atoms with Crippen LogP contribution in [0.4, 0.5) is 26.3 Å². The summed E-state index contributed by atoms with van der Waals surface area (Å²) in [5.41, 5.74) is -0.174. The largest absolute Gasteiger partial charge is 0.485 e. The minimum Gasteiger partial charge on any atom is -0.485 e. The molecule has 0 bridgehead atoms. The maximum absolute atomic E-state index is 14.1. The number of carbonyl (C=O) groups is 1. The van der Waals surface area contributed by atoms with Crippen LogP contribution < -0.4 is 0 Å². The molecule has 2 atom stereocenters. The van der Waals surface area contributed by atoms with Gasteiger partial charge in [0.05, 0.1) is 30.9 Å². The fraction of sp³-hybridized carbons (Fsp3) is 0.250. The summed E-state index contributed by atoms with van der Waals surface area (Å²) in [5, 5.41) is 10.4. The fourth-order valence-corrected chi connectivity index (χ4v) is 6.09. The average Bonchev–Trinajstić information content (AvgIpc) is 3.45. The molecule has 1 aliphatic heterocycles. The molecule has 0 amide bonds. The van der Waals surface area contributed by atoms with Crippen molar-refractivity contribution in [3.63, 3.8) is 0 Å². The highest BCUT2D eigenvalue weighted by atomic mass is 31.2. The lowest BCUT2D eigenvalue weighted by Crippen LogP contribution is -2.35. The normalized spacial score (nSPS) is 15.8. The molecule has 0 aromatic heterocycles. The van der Waals surface area contributed by atoms with E-state index in [0.717, 1.165) is 48.5 Å². The van der Waals surface area contributed by atoms with Gasteiger partial charge in [-0.3, -0.25) is 13.6 Å². The number of aliphatic hydroxyl groups excluding tert-OH is 1. The first-order valence-electron chi connectivity index (χ1n) is 15.5. The van der Waals surface area contributed by atoms with Gasteiger partial charge in [-0.15, -0.1) is 0 Å². The molecule has 0 fully saturated rings. The Hall–Kier alpha value is -4.66. The molecule has 0 spiro atoms. The molecule has 1 heterocycles. The maximum Gasteiger partial charge on any atom is 0.475 e. The summed E-state index contributed by atoms with van der Waals surface area (Å²) < 4.78 is 127. The molecule has 1 N–H and O–H groups in total. The predicted octanol–water partition coefficient (Wildman–Crippen LogP) is 8.51. The fourth-order valence-electron chi connectivity index (χ4n) is 4.78. The third-order valence-corrected chi connectivity index (χ3v) is 8.91. The number of esters is 1. The van der Waals surface area contributed by atoms with Crippen molar-refractivity contribution in [2.24, 2.45) is 0 Å². The number of ether oxygens (including phenoxy) is 3. The minimum atomic E-state index is -4.59. The lowest BCUT2D eigenvalue weighted by Gasteiger charge is -2.27. The van der Waals surface area contributed by atoms with Gasteiger partial charge in [0.2, 0.25) is 5.76 Å². The van der Waals surface area contributed by atoms with Crippen LogP contribution in [0.2, 0.25) is 0 Å². The van der Waals surface area contributed by atoms with Gasteiger partial charge in [-0.05, 0) is 46.5 Å². The molecular weight excluding hydrogens is 721 g/mol. The van der Waals surface area contributed by atoms with Gasteiger partial charge in [-0.2, -0.15) is 26.3 Å². The summed E-state index contributed by atoms with van der Waals surface area (Å²) in [6.45, 7) is -2.30. The van der Waals surface area contributed by atoms with Gasteiger partial charge in [0.1, 0.15) is 19.3 Å². The van der Waals surface area contributed by atoms with Gasteiger partial charge in [0.15, 0.2) is 11.9 Å². The van der Waals surface area contributed by atoms with Crippen molar-refractivity contribution in [2.45, 2.75) is 51.0 Å². The lowest BCUT2D eigenvalue weighted by atomic mass is 10.1. The van der Waals surface area contributed by atoms with Crippen molar-refractivity contribution in [3.05, 3.63) is 154 Å². The number of carbonyl (C=O) groups excluding carboxylic acids is 1. The van der Waals surface area contributed by atoms with E-state index in [-0.39, 0.29) is 24.3 Å². The summed E-state index contributed by atoms with van der Waals surface area (Å²) in [6, 6.07) is 25.0. The summed E-state index contributed by atoms with van der Waals surface area (Å²) in [7, 11) is -4.59. The second-order valence-electron chi connectivity index (χ2n) is 11.3. The van der Waals surface area contributed by atoms with Gasteiger partial charge < -0.3 is 19.3 Å². The van der Waals surface area contributed by atoms with Gasteiger partial charge in [-0.25, -0.2) is 9.36 Å². The first-order chi connectivity index (χ1) is 24.7. The van der Waals surface area contributed by atoms with E-state index in [4.69, 9.17) is 27.8 Å². The zero-order valence-corrected chi connectivity index (χ0v) is 27.9. The number of phosphoric acid groups is 1.